The molecule has 0 aromatic heterocycles. The molecule has 126 valence electrons. The van der Waals surface area contributed by atoms with Crippen LogP contribution in [0.1, 0.15) is 20.8 Å². The minimum atomic E-state index is -2.52. The summed E-state index contributed by atoms with van der Waals surface area (Å²) in [4.78, 5) is 0. The largest absolute Gasteiger partial charge is 0.458 e. The van der Waals surface area contributed by atoms with E-state index in [1.807, 2.05) is 6.07 Å². The Bertz CT molecular complexity index is 432. The molecule has 0 heterocycles. The Hall–Kier alpha value is -0.249. The van der Waals surface area contributed by atoms with Crippen LogP contribution in [0.5, 0.6) is 0 Å². The van der Waals surface area contributed by atoms with Crippen molar-refractivity contribution in [2.24, 2.45) is 0 Å². The van der Waals surface area contributed by atoms with Crippen molar-refractivity contribution in [3.63, 3.8) is 0 Å². The number of rotatable bonds is 9. The van der Waals surface area contributed by atoms with Gasteiger partial charge in [0.05, 0.1) is 0 Å². The summed E-state index contributed by atoms with van der Waals surface area (Å²) in [6, 6.07) is 10.5. The van der Waals surface area contributed by atoms with Crippen molar-refractivity contribution >= 4 is 31.1 Å². The molecule has 0 N–H and O–H groups in total. The van der Waals surface area contributed by atoms with Crippen molar-refractivity contribution in [3.8, 4) is 0 Å². The van der Waals surface area contributed by atoms with Crippen LogP contribution >= 0.6 is 0 Å². The molecule has 1 rings (SSSR count). The first-order valence-corrected chi connectivity index (χ1v) is 16.0. The van der Waals surface area contributed by atoms with Gasteiger partial charge in [-0.1, -0.05) is 37.3 Å². The molecular formula is C16H32O3Si3. The van der Waals surface area contributed by atoms with Crippen molar-refractivity contribution in [3.05, 3.63) is 30.3 Å². The second kappa shape index (κ2) is 8.56. The predicted octanol–water partition coefficient (Wildman–Crippen LogP) is 3.54. The van der Waals surface area contributed by atoms with Crippen LogP contribution < -0.4 is 5.19 Å². The monoisotopic (exact) mass is 356 g/mol. The molecule has 3 nitrogen and oxygen atoms in total. The zero-order chi connectivity index (χ0) is 16.8. The summed E-state index contributed by atoms with van der Waals surface area (Å²) < 4.78 is 19.2. The van der Waals surface area contributed by atoms with E-state index < -0.39 is 25.9 Å². The Balaban J connectivity index is 3.29. The summed E-state index contributed by atoms with van der Waals surface area (Å²) in [5.74, 6) is 0. The van der Waals surface area contributed by atoms with Gasteiger partial charge in [-0.05, 0) is 45.2 Å². The highest BCUT2D eigenvalue weighted by Crippen LogP contribution is 2.34. The molecule has 0 aliphatic rings. The molecule has 6 heteroatoms. The van der Waals surface area contributed by atoms with Crippen molar-refractivity contribution < 1.29 is 13.0 Å². The van der Waals surface area contributed by atoms with E-state index in [2.05, 4.69) is 71.2 Å². The maximum Gasteiger partial charge on any atom is 0.374 e. The van der Waals surface area contributed by atoms with Gasteiger partial charge in [-0.2, -0.15) is 0 Å². The van der Waals surface area contributed by atoms with Gasteiger partial charge in [0.25, 0.3) is 0 Å². The van der Waals surface area contributed by atoms with E-state index in [9.17, 15) is 0 Å². The fourth-order valence-electron chi connectivity index (χ4n) is 2.97. The molecule has 0 aliphatic heterocycles. The predicted molar refractivity (Wildman–Crippen MR) is 102 cm³/mol. The molecule has 0 saturated heterocycles. The van der Waals surface area contributed by atoms with Gasteiger partial charge in [-0.15, -0.1) is 0 Å². The molecular weight excluding hydrogens is 324 g/mol. The average molecular weight is 357 g/mol. The maximum atomic E-state index is 6.47. The topological polar surface area (TPSA) is 27.7 Å². The first kappa shape index (κ1) is 19.8. The van der Waals surface area contributed by atoms with E-state index in [0.717, 1.165) is 0 Å². The summed E-state index contributed by atoms with van der Waals surface area (Å²) in [5.41, 5.74) is 0. The van der Waals surface area contributed by atoms with Crippen LogP contribution in [0, 0.1) is 0 Å². The third-order valence-corrected chi connectivity index (χ3v) is 17.4. The highest BCUT2D eigenvalue weighted by Gasteiger charge is 2.53. The molecule has 22 heavy (non-hydrogen) atoms. The van der Waals surface area contributed by atoms with Crippen LogP contribution in [0.4, 0.5) is 0 Å². The van der Waals surface area contributed by atoms with Gasteiger partial charge >= 0.3 is 8.56 Å². The smallest absolute Gasteiger partial charge is 0.374 e. The third kappa shape index (κ3) is 4.62. The second-order valence-corrected chi connectivity index (χ2v) is 17.4. The minimum absolute atomic E-state index is 0.331. The van der Waals surface area contributed by atoms with Crippen LogP contribution in [0.15, 0.2) is 30.3 Å². The molecule has 0 fully saturated rings. The Morgan fingerprint density at radius 1 is 1.00 bits per heavy atom. The summed E-state index contributed by atoms with van der Waals surface area (Å²) in [7, 11) is -5.49. The third-order valence-electron chi connectivity index (χ3n) is 4.05. The van der Waals surface area contributed by atoms with Crippen molar-refractivity contribution in [1.82, 2.24) is 0 Å². The summed E-state index contributed by atoms with van der Waals surface area (Å²) in [6.45, 7) is 16.9. The molecule has 0 radical (unpaired) electrons. The van der Waals surface area contributed by atoms with E-state index in [1.54, 1.807) is 0 Å². The lowest BCUT2D eigenvalue weighted by molar-refractivity contribution is 0.192. The van der Waals surface area contributed by atoms with Gasteiger partial charge in [0.15, 0.2) is 17.4 Å². The fourth-order valence-corrected chi connectivity index (χ4v) is 16.9. The lowest BCUT2D eigenvalue weighted by Crippen LogP contribution is -2.63. The van der Waals surface area contributed by atoms with E-state index in [4.69, 9.17) is 13.0 Å². The molecule has 0 spiro atoms. The molecule has 1 aromatic carbocycles. The quantitative estimate of drug-likeness (QED) is 0.633. The first-order valence-electron chi connectivity index (χ1n) is 8.31. The van der Waals surface area contributed by atoms with Crippen LogP contribution in [0.2, 0.25) is 31.4 Å². The van der Waals surface area contributed by atoms with Gasteiger partial charge < -0.3 is 13.0 Å². The molecule has 1 aromatic rings. The molecule has 0 amide bonds. The lowest BCUT2D eigenvalue weighted by Gasteiger charge is -2.42. The van der Waals surface area contributed by atoms with Crippen molar-refractivity contribution in [2.75, 3.05) is 13.2 Å². The van der Waals surface area contributed by atoms with Gasteiger partial charge in [0.2, 0.25) is 0 Å². The van der Waals surface area contributed by atoms with E-state index in [1.165, 1.54) is 5.19 Å². The SMILES string of the molecule is CCO[Si](OCC)(c1ccccc1)C(C)[Si](C)(C)O[SiH](C)C. The Morgan fingerprint density at radius 3 is 1.91 bits per heavy atom. The Kier molecular flexibility index (Phi) is 7.70. The Morgan fingerprint density at radius 2 is 1.50 bits per heavy atom. The molecule has 0 bridgehead atoms. The van der Waals surface area contributed by atoms with Gasteiger partial charge in [-0.3, -0.25) is 0 Å². The fraction of sp³-hybridized carbons (Fsp3) is 0.625. The zero-order valence-corrected chi connectivity index (χ0v) is 18.3. The average Bonchev–Trinajstić information content (AvgIpc) is 2.45. The van der Waals surface area contributed by atoms with Crippen LogP contribution in [0.3, 0.4) is 0 Å². The standard InChI is InChI=1S/C16H32O3Si3/c1-8-17-22(18-9-2,16-13-11-10-12-14-16)15(3)21(6,7)19-20(4)5/h10-15,20H,8-9H2,1-7H3. The van der Waals surface area contributed by atoms with Gasteiger partial charge in [0, 0.05) is 18.4 Å². The number of hydrogen-bond donors (Lipinski definition) is 0. The van der Waals surface area contributed by atoms with E-state index in [-0.39, 0.29) is 0 Å². The highest BCUT2D eigenvalue weighted by molar-refractivity contribution is 6.97. The zero-order valence-electron chi connectivity index (χ0n) is 15.2. The second-order valence-electron chi connectivity index (χ2n) is 6.39. The van der Waals surface area contributed by atoms with Crippen LogP contribution in [-0.2, 0) is 13.0 Å². The molecule has 1 unspecified atom stereocenters. The molecule has 1 atom stereocenters. The molecule has 0 saturated carbocycles. The summed E-state index contributed by atoms with van der Waals surface area (Å²) >= 11 is 0. The maximum absolute atomic E-state index is 6.47. The summed E-state index contributed by atoms with van der Waals surface area (Å²) in [6.07, 6.45) is 0. The lowest BCUT2D eigenvalue weighted by atomic mass is 10.4. The van der Waals surface area contributed by atoms with Crippen molar-refractivity contribution in [1.29, 1.82) is 0 Å². The normalized spacial score (nSPS) is 14.4. The van der Waals surface area contributed by atoms with Gasteiger partial charge in [0.1, 0.15) is 0 Å². The van der Waals surface area contributed by atoms with Crippen LogP contribution in [-0.4, -0.2) is 39.1 Å². The van der Waals surface area contributed by atoms with Gasteiger partial charge in [-0.25, -0.2) is 0 Å². The number of benzene rings is 1. The first-order chi connectivity index (χ1) is 10.3. The Labute approximate surface area is 140 Å². The van der Waals surface area contributed by atoms with E-state index in [0.29, 0.717) is 18.4 Å². The van der Waals surface area contributed by atoms with E-state index >= 15 is 0 Å². The van der Waals surface area contributed by atoms with Crippen LogP contribution in [0.25, 0.3) is 0 Å². The number of hydrogen-bond acceptors (Lipinski definition) is 3. The summed E-state index contributed by atoms with van der Waals surface area (Å²) in [5, 5.41) is 1.55. The highest BCUT2D eigenvalue weighted by atomic mass is 28.4. The molecule has 0 aliphatic carbocycles. The van der Waals surface area contributed by atoms with Crippen molar-refractivity contribution in [2.45, 2.75) is 52.1 Å². The minimum Gasteiger partial charge on any atom is -0.458 e.